The predicted octanol–water partition coefficient (Wildman–Crippen LogP) is -1.47. The van der Waals surface area contributed by atoms with E-state index in [1.807, 2.05) is 0 Å². The molecule has 0 saturated carbocycles. The SMILES string of the molecule is C1CN(C(C(N2CCOCC2)=[N+]2CCOCC2)=[N+]2CCOCC2)CCO1. The molecular weight excluding hydrogens is 336 g/mol. The summed E-state index contributed by atoms with van der Waals surface area (Å²) < 4.78 is 27.6. The number of hydrogen-bond acceptors (Lipinski definition) is 4. The first-order valence-corrected chi connectivity index (χ1v) is 9.98. The summed E-state index contributed by atoms with van der Waals surface area (Å²) in [4.78, 5) is 5.05. The van der Waals surface area contributed by atoms with Crippen molar-refractivity contribution in [1.82, 2.24) is 9.80 Å². The van der Waals surface area contributed by atoms with Gasteiger partial charge in [-0.2, -0.15) is 0 Å². The molecule has 0 aromatic heterocycles. The molecule has 4 heterocycles. The van der Waals surface area contributed by atoms with E-state index in [0.29, 0.717) is 0 Å². The van der Waals surface area contributed by atoms with E-state index in [2.05, 4.69) is 19.0 Å². The van der Waals surface area contributed by atoms with Gasteiger partial charge in [-0.25, -0.2) is 0 Å². The van der Waals surface area contributed by atoms with Gasteiger partial charge in [0, 0.05) is 0 Å². The summed E-state index contributed by atoms with van der Waals surface area (Å²) in [6.45, 7) is 14.0. The van der Waals surface area contributed by atoms with Crippen LogP contribution >= 0.6 is 0 Å². The molecule has 0 spiro atoms. The Kier molecular flexibility index (Phi) is 6.37. The van der Waals surface area contributed by atoms with Crippen molar-refractivity contribution in [2.75, 3.05) is 105 Å². The number of ether oxygens (including phenoxy) is 4. The fourth-order valence-corrected chi connectivity index (χ4v) is 4.07. The summed E-state index contributed by atoms with van der Waals surface area (Å²) in [5, 5.41) is 0. The first-order chi connectivity index (χ1) is 12.9. The Bertz CT molecular complexity index is 475. The zero-order chi connectivity index (χ0) is 17.6. The van der Waals surface area contributed by atoms with E-state index in [1.165, 1.54) is 11.7 Å². The van der Waals surface area contributed by atoms with Crippen LogP contribution in [0.25, 0.3) is 0 Å². The minimum atomic E-state index is 0.799. The van der Waals surface area contributed by atoms with Gasteiger partial charge in [0.25, 0.3) is 0 Å². The molecule has 4 rings (SSSR count). The van der Waals surface area contributed by atoms with Crippen LogP contribution in [0.15, 0.2) is 0 Å². The number of rotatable bonds is 0. The van der Waals surface area contributed by atoms with Crippen LogP contribution in [0.4, 0.5) is 0 Å². The van der Waals surface area contributed by atoms with Crippen LogP contribution in [-0.4, -0.2) is 136 Å². The van der Waals surface area contributed by atoms with Gasteiger partial charge in [0.15, 0.2) is 0 Å². The minimum absolute atomic E-state index is 0.799. The Labute approximate surface area is 155 Å². The van der Waals surface area contributed by atoms with E-state index in [4.69, 9.17) is 18.9 Å². The molecular formula is C18H32N4O4+2. The third kappa shape index (κ3) is 4.19. The van der Waals surface area contributed by atoms with Crippen LogP contribution in [0.1, 0.15) is 0 Å². The number of amidine groups is 2. The maximum atomic E-state index is 5.63. The van der Waals surface area contributed by atoms with Crippen molar-refractivity contribution in [1.29, 1.82) is 0 Å². The second-order valence-corrected chi connectivity index (χ2v) is 7.04. The molecule has 0 amide bonds. The predicted molar refractivity (Wildman–Crippen MR) is 96.4 cm³/mol. The van der Waals surface area contributed by atoms with Gasteiger partial charge in [0.05, 0.1) is 52.9 Å². The molecule has 4 saturated heterocycles. The monoisotopic (exact) mass is 368 g/mol. The lowest BCUT2D eigenvalue weighted by Gasteiger charge is -2.32. The topological polar surface area (TPSA) is 49.4 Å². The van der Waals surface area contributed by atoms with Gasteiger partial charge in [-0.1, -0.05) is 0 Å². The first-order valence-electron chi connectivity index (χ1n) is 9.98. The fraction of sp³-hybridized carbons (Fsp3) is 0.889. The second kappa shape index (κ2) is 9.12. The molecule has 8 heteroatoms. The maximum Gasteiger partial charge on any atom is 0.363 e. The van der Waals surface area contributed by atoms with Crippen LogP contribution in [-0.2, 0) is 18.9 Å². The molecule has 0 unspecified atom stereocenters. The Morgan fingerprint density at radius 1 is 0.462 bits per heavy atom. The first kappa shape index (κ1) is 18.2. The highest BCUT2D eigenvalue weighted by Crippen LogP contribution is 2.10. The minimum Gasteiger partial charge on any atom is -0.373 e. The molecule has 0 aromatic rings. The molecule has 4 fully saturated rings. The maximum absolute atomic E-state index is 5.63. The van der Waals surface area contributed by atoms with Crippen LogP contribution in [0.2, 0.25) is 0 Å². The summed E-state index contributed by atoms with van der Waals surface area (Å²) in [6.07, 6.45) is 0. The van der Waals surface area contributed by atoms with Gasteiger partial charge in [-0.15, -0.1) is 0 Å². The van der Waals surface area contributed by atoms with E-state index >= 15 is 0 Å². The quantitative estimate of drug-likeness (QED) is 0.385. The summed E-state index contributed by atoms with van der Waals surface area (Å²) in [6, 6.07) is 0. The molecule has 26 heavy (non-hydrogen) atoms. The molecule has 8 nitrogen and oxygen atoms in total. The molecule has 0 N–H and O–H groups in total. The summed E-state index contributed by atoms with van der Waals surface area (Å²) in [5.74, 6) is 2.72. The largest absolute Gasteiger partial charge is 0.373 e. The Balaban J connectivity index is 1.74. The second-order valence-electron chi connectivity index (χ2n) is 7.04. The van der Waals surface area contributed by atoms with Gasteiger partial charge in [0.2, 0.25) is 0 Å². The highest BCUT2D eigenvalue weighted by atomic mass is 16.5. The van der Waals surface area contributed by atoms with Gasteiger partial charge < -0.3 is 18.9 Å². The van der Waals surface area contributed by atoms with Gasteiger partial charge in [0.1, 0.15) is 52.4 Å². The Hall–Kier alpha value is -1.22. The van der Waals surface area contributed by atoms with E-state index in [-0.39, 0.29) is 0 Å². The Morgan fingerprint density at radius 3 is 1.12 bits per heavy atom. The lowest BCUT2D eigenvalue weighted by molar-refractivity contribution is -0.567. The van der Waals surface area contributed by atoms with Crippen molar-refractivity contribution in [2.24, 2.45) is 0 Å². The molecule has 4 aliphatic rings. The van der Waals surface area contributed by atoms with Gasteiger partial charge >= 0.3 is 11.7 Å². The Morgan fingerprint density at radius 2 is 0.769 bits per heavy atom. The van der Waals surface area contributed by atoms with E-state index < -0.39 is 0 Å². The third-order valence-corrected chi connectivity index (χ3v) is 5.44. The lowest BCUT2D eigenvalue weighted by atomic mass is 10.2. The molecule has 0 radical (unpaired) electrons. The number of nitrogens with zero attached hydrogens (tertiary/aromatic N) is 4. The van der Waals surface area contributed by atoms with Gasteiger partial charge in [-0.3, -0.25) is 19.0 Å². The average molecular weight is 368 g/mol. The summed E-state index contributed by atoms with van der Waals surface area (Å²) >= 11 is 0. The van der Waals surface area contributed by atoms with Crippen molar-refractivity contribution < 1.29 is 28.1 Å². The average Bonchev–Trinajstić information content (AvgIpc) is 2.74. The van der Waals surface area contributed by atoms with Gasteiger partial charge in [-0.05, 0) is 0 Å². The summed E-state index contributed by atoms with van der Waals surface area (Å²) in [7, 11) is 0. The highest BCUT2D eigenvalue weighted by Gasteiger charge is 2.41. The normalized spacial score (nSPS) is 25.4. The van der Waals surface area contributed by atoms with Crippen molar-refractivity contribution in [2.45, 2.75) is 0 Å². The summed E-state index contributed by atoms with van der Waals surface area (Å²) in [5.41, 5.74) is 0. The lowest BCUT2D eigenvalue weighted by Crippen LogP contribution is -2.59. The van der Waals surface area contributed by atoms with Crippen LogP contribution < -0.4 is 0 Å². The van der Waals surface area contributed by atoms with Crippen LogP contribution in [0.5, 0.6) is 0 Å². The molecule has 4 aliphatic heterocycles. The van der Waals surface area contributed by atoms with Crippen molar-refractivity contribution >= 4 is 11.7 Å². The van der Waals surface area contributed by atoms with Crippen LogP contribution in [0.3, 0.4) is 0 Å². The molecule has 0 bridgehead atoms. The van der Waals surface area contributed by atoms with E-state index in [1.54, 1.807) is 0 Å². The van der Waals surface area contributed by atoms with E-state index in [9.17, 15) is 0 Å². The standard InChI is InChI=1S/C18H32N4O4/c1-9-23-10-2-19(1)17(20-3-11-24-12-4-20)18(21-5-13-25-14-6-21)22-7-15-26-16-8-22/h1-16H2/q+2. The zero-order valence-corrected chi connectivity index (χ0v) is 15.7. The molecule has 146 valence electrons. The van der Waals surface area contributed by atoms with Crippen molar-refractivity contribution in [3.05, 3.63) is 0 Å². The van der Waals surface area contributed by atoms with Crippen molar-refractivity contribution in [3.8, 4) is 0 Å². The highest BCUT2D eigenvalue weighted by molar-refractivity contribution is 6.36. The molecule has 0 aromatic carbocycles. The van der Waals surface area contributed by atoms with Crippen molar-refractivity contribution in [3.63, 3.8) is 0 Å². The smallest absolute Gasteiger partial charge is 0.363 e. The van der Waals surface area contributed by atoms with E-state index in [0.717, 1.165) is 105 Å². The zero-order valence-electron chi connectivity index (χ0n) is 15.7. The number of hydrogen-bond donors (Lipinski definition) is 0. The van der Waals surface area contributed by atoms with Crippen LogP contribution in [0, 0.1) is 0 Å². The number of morpholine rings is 4. The molecule has 0 atom stereocenters. The third-order valence-electron chi connectivity index (χ3n) is 5.44. The fourth-order valence-electron chi connectivity index (χ4n) is 4.07. The molecule has 0 aliphatic carbocycles.